The lowest BCUT2D eigenvalue weighted by atomic mass is 10.1. The number of amides is 2. The zero-order valence-electron chi connectivity index (χ0n) is 14.2. The molecule has 1 aliphatic rings. The first-order valence-corrected chi connectivity index (χ1v) is 8.39. The number of nitrogens with zero attached hydrogens (tertiary/aromatic N) is 1. The van der Waals surface area contributed by atoms with E-state index in [9.17, 15) is 14.7 Å². The Morgan fingerprint density at radius 1 is 1.12 bits per heavy atom. The van der Waals surface area contributed by atoms with Crippen LogP contribution in [0.15, 0.2) is 42.5 Å². The van der Waals surface area contributed by atoms with Crippen molar-refractivity contribution < 1.29 is 14.7 Å². The van der Waals surface area contributed by atoms with Crippen LogP contribution < -0.4 is 5.32 Å². The van der Waals surface area contributed by atoms with Crippen LogP contribution in [0, 0.1) is 13.0 Å². The van der Waals surface area contributed by atoms with E-state index in [4.69, 9.17) is 0 Å². The fourth-order valence-corrected chi connectivity index (χ4v) is 2.83. The normalized spacial score (nSPS) is 15.0. The zero-order valence-corrected chi connectivity index (χ0v) is 14.2. The molecule has 1 radical (unpaired) electrons. The van der Waals surface area contributed by atoms with Gasteiger partial charge < -0.3 is 15.3 Å². The number of aryl methyl sites for hydroxylation is 1. The van der Waals surface area contributed by atoms with Gasteiger partial charge in [-0.2, -0.15) is 0 Å². The summed E-state index contributed by atoms with van der Waals surface area (Å²) < 4.78 is 0. The van der Waals surface area contributed by atoms with Crippen LogP contribution in [0.2, 0.25) is 0 Å². The molecule has 0 spiro atoms. The van der Waals surface area contributed by atoms with Crippen molar-refractivity contribution in [2.24, 2.45) is 0 Å². The molecule has 5 nitrogen and oxygen atoms in total. The first kappa shape index (κ1) is 17.2. The molecule has 3 rings (SSSR count). The number of carbonyl (C=O) groups excluding carboxylic acids is 2. The molecule has 5 heteroatoms. The molecule has 1 fully saturated rings. The number of hydrogen-bond donors (Lipinski definition) is 2. The van der Waals surface area contributed by atoms with Gasteiger partial charge in [-0.3, -0.25) is 9.59 Å². The summed E-state index contributed by atoms with van der Waals surface area (Å²) >= 11 is 0. The number of hydrogen-bond acceptors (Lipinski definition) is 3. The minimum absolute atomic E-state index is 0.102. The third kappa shape index (κ3) is 4.25. The smallest absolute Gasteiger partial charge is 0.255 e. The van der Waals surface area contributed by atoms with Crippen molar-refractivity contribution in [1.82, 2.24) is 4.90 Å². The van der Waals surface area contributed by atoms with Crippen LogP contribution in [0.5, 0.6) is 0 Å². The summed E-state index contributed by atoms with van der Waals surface area (Å²) in [4.78, 5) is 26.6. The maximum absolute atomic E-state index is 12.6. The average Bonchev–Trinajstić information content (AvgIpc) is 2.62. The van der Waals surface area contributed by atoms with E-state index in [1.54, 1.807) is 35.2 Å². The first-order valence-electron chi connectivity index (χ1n) is 8.39. The van der Waals surface area contributed by atoms with Crippen LogP contribution in [0.4, 0.5) is 5.69 Å². The Labute approximate surface area is 147 Å². The number of benzene rings is 2. The fourth-order valence-electron chi connectivity index (χ4n) is 2.83. The number of carbonyl (C=O) groups is 2. The second-order valence-corrected chi connectivity index (χ2v) is 6.35. The van der Waals surface area contributed by atoms with Gasteiger partial charge in [-0.05, 0) is 56.2 Å². The highest BCUT2D eigenvalue weighted by molar-refractivity contribution is 6.05. The standard InChI is InChI=1S/C20H21N2O3/c1-14-5-7-15(8-6-14)19(24)21-17-4-2-3-16(13-17)20(25)22-11-9-18(23)10-12-22/h3-8,13,18,23H,9-12H2,1H3,(H,21,24). The van der Waals surface area contributed by atoms with Gasteiger partial charge in [-0.1, -0.05) is 17.7 Å². The number of piperidine rings is 1. The highest BCUT2D eigenvalue weighted by Gasteiger charge is 2.22. The van der Waals surface area contributed by atoms with E-state index < -0.39 is 0 Å². The molecule has 25 heavy (non-hydrogen) atoms. The monoisotopic (exact) mass is 337 g/mol. The topological polar surface area (TPSA) is 69.6 Å². The summed E-state index contributed by atoms with van der Waals surface area (Å²) in [5.41, 5.74) is 2.67. The van der Waals surface area contributed by atoms with Crippen LogP contribution >= 0.6 is 0 Å². The lowest BCUT2D eigenvalue weighted by Crippen LogP contribution is -2.40. The molecule has 2 aromatic carbocycles. The summed E-state index contributed by atoms with van der Waals surface area (Å²) in [6, 6.07) is 15.1. The Hall–Kier alpha value is -2.66. The van der Waals surface area contributed by atoms with E-state index in [-0.39, 0.29) is 17.9 Å². The van der Waals surface area contributed by atoms with Gasteiger partial charge in [0.05, 0.1) is 6.10 Å². The molecule has 1 saturated heterocycles. The Morgan fingerprint density at radius 2 is 1.80 bits per heavy atom. The van der Waals surface area contributed by atoms with E-state index in [2.05, 4.69) is 11.4 Å². The Morgan fingerprint density at radius 3 is 2.48 bits per heavy atom. The van der Waals surface area contributed by atoms with E-state index in [1.807, 2.05) is 19.1 Å². The van der Waals surface area contributed by atoms with E-state index in [0.717, 1.165) is 5.56 Å². The third-order valence-electron chi connectivity index (χ3n) is 4.36. The van der Waals surface area contributed by atoms with Gasteiger partial charge in [-0.25, -0.2) is 0 Å². The molecular formula is C20H21N2O3. The molecule has 129 valence electrons. The van der Waals surface area contributed by atoms with Crippen molar-refractivity contribution in [2.75, 3.05) is 18.4 Å². The largest absolute Gasteiger partial charge is 0.393 e. The second-order valence-electron chi connectivity index (χ2n) is 6.35. The van der Waals surface area contributed by atoms with Gasteiger partial charge in [0.25, 0.3) is 11.8 Å². The van der Waals surface area contributed by atoms with Crippen LogP contribution in [0.25, 0.3) is 0 Å². The molecule has 0 atom stereocenters. The highest BCUT2D eigenvalue weighted by atomic mass is 16.3. The maximum atomic E-state index is 12.6. The van der Waals surface area contributed by atoms with Gasteiger partial charge in [0.2, 0.25) is 0 Å². The molecule has 0 saturated carbocycles. The summed E-state index contributed by atoms with van der Waals surface area (Å²) in [6.45, 7) is 3.05. The SMILES string of the molecule is Cc1ccc(C(=O)Nc2c[c]cc(C(=O)N3CCC(O)CC3)c2)cc1. The molecule has 2 N–H and O–H groups in total. The molecule has 2 aromatic rings. The highest BCUT2D eigenvalue weighted by Crippen LogP contribution is 2.17. The Bertz CT molecular complexity index is 763. The van der Waals surface area contributed by atoms with Crippen LogP contribution in [-0.2, 0) is 0 Å². The number of anilines is 1. The van der Waals surface area contributed by atoms with Crippen molar-refractivity contribution in [3.63, 3.8) is 0 Å². The molecule has 1 aliphatic heterocycles. The predicted molar refractivity (Wildman–Crippen MR) is 95.6 cm³/mol. The van der Waals surface area contributed by atoms with Crippen LogP contribution in [0.3, 0.4) is 0 Å². The fraction of sp³-hybridized carbons (Fsp3) is 0.300. The van der Waals surface area contributed by atoms with Crippen molar-refractivity contribution in [3.05, 3.63) is 65.2 Å². The first-order chi connectivity index (χ1) is 12.0. The van der Waals surface area contributed by atoms with E-state index >= 15 is 0 Å². The molecule has 1 heterocycles. The van der Waals surface area contributed by atoms with E-state index in [1.165, 1.54) is 0 Å². The van der Waals surface area contributed by atoms with Gasteiger partial charge in [0, 0.05) is 29.9 Å². The molecule has 0 unspecified atom stereocenters. The maximum Gasteiger partial charge on any atom is 0.255 e. The van der Waals surface area contributed by atoms with Crippen molar-refractivity contribution in [1.29, 1.82) is 0 Å². The van der Waals surface area contributed by atoms with Gasteiger partial charge >= 0.3 is 0 Å². The van der Waals surface area contributed by atoms with Gasteiger partial charge in [0.1, 0.15) is 0 Å². The average molecular weight is 337 g/mol. The number of aliphatic hydroxyl groups excluding tert-OH is 1. The van der Waals surface area contributed by atoms with E-state index in [0.29, 0.717) is 42.7 Å². The number of likely N-dealkylation sites (tertiary alicyclic amines) is 1. The summed E-state index contributed by atoms with van der Waals surface area (Å²) in [6.07, 6.45) is 0.870. The van der Waals surface area contributed by atoms with Crippen molar-refractivity contribution in [2.45, 2.75) is 25.9 Å². The molecule has 0 bridgehead atoms. The lowest BCUT2D eigenvalue weighted by Gasteiger charge is -2.29. The Balaban J connectivity index is 1.69. The molecule has 0 aromatic heterocycles. The van der Waals surface area contributed by atoms with Crippen molar-refractivity contribution in [3.8, 4) is 0 Å². The Kier molecular flexibility index (Phi) is 5.14. The quantitative estimate of drug-likeness (QED) is 0.905. The third-order valence-corrected chi connectivity index (χ3v) is 4.36. The number of nitrogens with one attached hydrogen (secondary N) is 1. The number of rotatable bonds is 3. The van der Waals surface area contributed by atoms with Gasteiger partial charge in [-0.15, -0.1) is 0 Å². The summed E-state index contributed by atoms with van der Waals surface area (Å²) in [7, 11) is 0. The zero-order chi connectivity index (χ0) is 17.8. The second kappa shape index (κ2) is 7.49. The van der Waals surface area contributed by atoms with Crippen molar-refractivity contribution >= 4 is 17.5 Å². The van der Waals surface area contributed by atoms with Crippen LogP contribution in [0.1, 0.15) is 39.1 Å². The molecular weight excluding hydrogens is 316 g/mol. The lowest BCUT2D eigenvalue weighted by molar-refractivity contribution is 0.0546. The molecule has 0 aliphatic carbocycles. The predicted octanol–water partition coefficient (Wildman–Crippen LogP) is 2.64. The molecule has 2 amide bonds. The van der Waals surface area contributed by atoms with Crippen LogP contribution in [-0.4, -0.2) is 41.0 Å². The summed E-state index contributed by atoms with van der Waals surface area (Å²) in [5, 5.41) is 12.4. The minimum atomic E-state index is -0.323. The summed E-state index contributed by atoms with van der Waals surface area (Å²) in [5.74, 6) is -0.325. The minimum Gasteiger partial charge on any atom is -0.393 e. The number of aliphatic hydroxyl groups is 1. The van der Waals surface area contributed by atoms with Gasteiger partial charge in [0.15, 0.2) is 0 Å².